The van der Waals surface area contributed by atoms with Gasteiger partial charge >= 0.3 is 0 Å². The summed E-state index contributed by atoms with van der Waals surface area (Å²) >= 11 is 0. The number of nitro groups is 1. The van der Waals surface area contributed by atoms with E-state index in [-0.39, 0.29) is 23.5 Å². The third-order valence-electron chi connectivity index (χ3n) is 2.88. The molecule has 0 aliphatic carbocycles. The highest BCUT2D eigenvalue weighted by atomic mass is 16.6. The molecule has 7 nitrogen and oxygen atoms in total. The van der Waals surface area contributed by atoms with Crippen molar-refractivity contribution in [3.05, 3.63) is 33.9 Å². The number of aliphatic hydroxyl groups is 1. The maximum absolute atomic E-state index is 12.0. The fourth-order valence-electron chi connectivity index (χ4n) is 1.91. The van der Waals surface area contributed by atoms with E-state index in [1.165, 1.54) is 25.3 Å². The molecule has 0 saturated heterocycles. The number of nitro benzene ring substituents is 1. The highest BCUT2D eigenvalue weighted by molar-refractivity contribution is 5.97. The molecule has 1 aromatic carbocycles. The molecule has 1 amide bonds. The Kier molecular flexibility index (Phi) is 6.10. The summed E-state index contributed by atoms with van der Waals surface area (Å²) in [6.45, 7) is 4.08. The van der Waals surface area contributed by atoms with Crippen LogP contribution in [0.4, 0.5) is 5.69 Å². The molecule has 0 radical (unpaired) electrons. The number of nitrogens with zero attached hydrogens (tertiary/aromatic N) is 1. The van der Waals surface area contributed by atoms with Gasteiger partial charge in [-0.2, -0.15) is 0 Å². The zero-order valence-electron chi connectivity index (χ0n) is 12.3. The summed E-state index contributed by atoms with van der Waals surface area (Å²) in [6.07, 6.45) is -0.0458. The summed E-state index contributed by atoms with van der Waals surface area (Å²) in [5, 5.41) is 23.0. The molecular formula is C14H20N2O5. The Hall–Kier alpha value is -2.15. The number of carbonyl (C=O) groups is 1. The van der Waals surface area contributed by atoms with E-state index in [2.05, 4.69) is 5.32 Å². The monoisotopic (exact) mass is 296 g/mol. The van der Waals surface area contributed by atoms with Crippen LogP contribution in [0.1, 0.15) is 30.6 Å². The lowest BCUT2D eigenvalue weighted by Gasteiger charge is -2.14. The molecule has 0 aromatic heterocycles. The molecule has 7 heteroatoms. The Morgan fingerprint density at radius 3 is 2.67 bits per heavy atom. The Morgan fingerprint density at radius 1 is 1.48 bits per heavy atom. The van der Waals surface area contributed by atoms with Crippen molar-refractivity contribution in [3.8, 4) is 5.75 Å². The van der Waals surface area contributed by atoms with Gasteiger partial charge in [-0.25, -0.2) is 0 Å². The van der Waals surface area contributed by atoms with E-state index in [9.17, 15) is 20.0 Å². The highest BCUT2D eigenvalue weighted by Crippen LogP contribution is 2.24. The lowest BCUT2D eigenvalue weighted by Crippen LogP contribution is -2.33. The number of nitrogens with one attached hydrogen (secondary N) is 1. The van der Waals surface area contributed by atoms with Gasteiger partial charge in [0, 0.05) is 12.6 Å². The average Bonchev–Trinajstić information content (AvgIpc) is 2.43. The Balaban J connectivity index is 2.76. The van der Waals surface area contributed by atoms with Crippen LogP contribution in [0.2, 0.25) is 0 Å². The number of hydrogen-bond donors (Lipinski definition) is 2. The minimum absolute atomic E-state index is 0.122. The third-order valence-corrected chi connectivity index (χ3v) is 2.88. The van der Waals surface area contributed by atoms with Crippen molar-refractivity contribution in [1.82, 2.24) is 5.32 Å². The molecule has 0 heterocycles. The van der Waals surface area contributed by atoms with Gasteiger partial charge in [-0.05, 0) is 18.4 Å². The molecule has 0 fully saturated rings. The molecule has 21 heavy (non-hydrogen) atoms. The predicted molar refractivity (Wildman–Crippen MR) is 77.4 cm³/mol. The molecule has 0 saturated carbocycles. The second kappa shape index (κ2) is 7.58. The lowest BCUT2D eigenvalue weighted by atomic mass is 10.1. The number of carbonyl (C=O) groups excluding carboxylic acids is 1. The van der Waals surface area contributed by atoms with Gasteiger partial charge in [-0.1, -0.05) is 13.8 Å². The minimum Gasteiger partial charge on any atom is -0.496 e. The van der Waals surface area contributed by atoms with Gasteiger partial charge in [0.05, 0.1) is 29.8 Å². The quantitative estimate of drug-likeness (QED) is 0.589. The molecule has 0 bridgehead atoms. The van der Waals surface area contributed by atoms with Crippen LogP contribution in [0.3, 0.4) is 0 Å². The van der Waals surface area contributed by atoms with E-state index < -0.39 is 16.9 Å². The van der Waals surface area contributed by atoms with Crippen LogP contribution in [-0.2, 0) is 0 Å². The van der Waals surface area contributed by atoms with Crippen molar-refractivity contribution < 1.29 is 19.6 Å². The van der Waals surface area contributed by atoms with Crippen molar-refractivity contribution >= 4 is 11.6 Å². The van der Waals surface area contributed by atoms with Crippen LogP contribution in [0.5, 0.6) is 5.75 Å². The van der Waals surface area contributed by atoms with Gasteiger partial charge < -0.3 is 15.2 Å². The predicted octanol–water partition coefficient (Wildman–Crippen LogP) is 1.74. The van der Waals surface area contributed by atoms with Crippen molar-refractivity contribution in [3.63, 3.8) is 0 Å². The molecule has 1 atom stereocenters. The van der Waals surface area contributed by atoms with Crippen LogP contribution in [0.15, 0.2) is 18.2 Å². The van der Waals surface area contributed by atoms with Crippen LogP contribution in [0.25, 0.3) is 0 Å². The molecule has 1 aromatic rings. The van der Waals surface area contributed by atoms with Gasteiger partial charge in [-0.3, -0.25) is 14.9 Å². The van der Waals surface area contributed by atoms with Crippen LogP contribution in [0, 0.1) is 16.0 Å². The van der Waals surface area contributed by atoms with E-state index in [0.717, 1.165) is 0 Å². The molecule has 116 valence electrons. The average molecular weight is 296 g/mol. The molecule has 0 aliphatic rings. The Bertz CT molecular complexity index is 516. The van der Waals surface area contributed by atoms with Crippen LogP contribution < -0.4 is 10.1 Å². The smallest absolute Gasteiger partial charge is 0.273 e. The first-order chi connectivity index (χ1) is 9.85. The maximum Gasteiger partial charge on any atom is 0.273 e. The van der Waals surface area contributed by atoms with Gasteiger partial charge in [-0.15, -0.1) is 0 Å². The fourth-order valence-corrected chi connectivity index (χ4v) is 1.91. The van der Waals surface area contributed by atoms with Crippen LogP contribution >= 0.6 is 0 Å². The zero-order chi connectivity index (χ0) is 16.0. The summed E-state index contributed by atoms with van der Waals surface area (Å²) in [4.78, 5) is 22.1. The topological polar surface area (TPSA) is 102 Å². The molecule has 1 unspecified atom stereocenters. The van der Waals surface area contributed by atoms with Crippen molar-refractivity contribution in [2.75, 3.05) is 13.7 Å². The summed E-state index contributed by atoms with van der Waals surface area (Å²) in [6, 6.07) is 3.77. The number of aliphatic hydroxyl groups excluding tert-OH is 1. The number of ether oxygens (including phenoxy) is 1. The van der Waals surface area contributed by atoms with E-state index in [4.69, 9.17) is 4.74 Å². The highest BCUT2D eigenvalue weighted by Gasteiger charge is 2.17. The third kappa shape index (κ3) is 5.03. The van der Waals surface area contributed by atoms with E-state index >= 15 is 0 Å². The summed E-state index contributed by atoms with van der Waals surface area (Å²) < 4.78 is 5.00. The van der Waals surface area contributed by atoms with Gasteiger partial charge in [0.1, 0.15) is 5.75 Å². The molecule has 0 spiro atoms. The van der Waals surface area contributed by atoms with Gasteiger partial charge in [0.25, 0.3) is 11.6 Å². The first kappa shape index (κ1) is 16.9. The molecule has 2 N–H and O–H groups in total. The van der Waals surface area contributed by atoms with Gasteiger partial charge in [0.15, 0.2) is 0 Å². The normalized spacial score (nSPS) is 12.0. The second-order valence-electron chi connectivity index (χ2n) is 5.14. The molecule has 1 rings (SSSR count). The zero-order valence-corrected chi connectivity index (χ0v) is 12.3. The Morgan fingerprint density at radius 2 is 2.14 bits per heavy atom. The van der Waals surface area contributed by atoms with E-state index in [1.54, 1.807) is 0 Å². The number of non-ortho nitro benzene ring substituents is 1. The Labute approximate surface area is 123 Å². The fraction of sp³-hybridized carbons (Fsp3) is 0.500. The first-order valence-corrected chi connectivity index (χ1v) is 6.63. The lowest BCUT2D eigenvalue weighted by molar-refractivity contribution is -0.384. The van der Waals surface area contributed by atoms with Crippen LogP contribution in [-0.4, -0.2) is 35.7 Å². The van der Waals surface area contributed by atoms with Gasteiger partial charge in [0.2, 0.25) is 0 Å². The number of amides is 1. The first-order valence-electron chi connectivity index (χ1n) is 6.63. The number of methoxy groups -OCH3 is 1. The number of benzene rings is 1. The molecular weight excluding hydrogens is 276 g/mol. The SMILES string of the molecule is COc1cc([N+](=O)[O-])ccc1C(=O)NCC(O)CC(C)C. The number of rotatable bonds is 7. The standard InChI is InChI=1S/C14H20N2O5/c1-9(2)6-11(17)8-15-14(18)12-5-4-10(16(19)20)7-13(12)21-3/h4-5,7,9,11,17H,6,8H2,1-3H3,(H,15,18). The summed E-state index contributed by atoms with van der Waals surface area (Å²) in [5.74, 6) is 0.00964. The summed E-state index contributed by atoms with van der Waals surface area (Å²) in [7, 11) is 1.34. The van der Waals surface area contributed by atoms with Crippen molar-refractivity contribution in [2.45, 2.75) is 26.4 Å². The summed E-state index contributed by atoms with van der Waals surface area (Å²) in [5.41, 5.74) is 0.0445. The largest absolute Gasteiger partial charge is 0.496 e. The molecule has 0 aliphatic heterocycles. The number of hydrogen-bond acceptors (Lipinski definition) is 5. The van der Waals surface area contributed by atoms with E-state index in [0.29, 0.717) is 12.3 Å². The maximum atomic E-state index is 12.0. The second-order valence-corrected chi connectivity index (χ2v) is 5.14. The van der Waals surface area contributed by atoms with Crippen molar-refractivity contribution in [2.24, 2.45) is 5.92 Å². The van der Waals surface area contributed by atoms with Crippen molar-refractivity contribution in [1.29, 1.82) is 0 Å². The van der Waals surface area contributed by atoms with E-state index in [1.807, 2.05) is 13.8 Å². The minimum atomic E-state index is -0.627.